The average molecular weight is 406 g/mol. The van der Waals surface area contributed by atoms with E-state index in [1.807, 2.05) is 13.8 Å². The van der Waals surface area contributed by atoms with Crippen molar-refractivity contribution >= 4 is 11.6 Å². The van der Waals surface area contributed by atoms with Crippen molar-refractivity contribution in [3.63, 3.8) is 0 Å². The number of anilines is 1. The number of nitrogens with zero attached hydrogens (tertiary/aromatic N) is 1. The quantitative estimate of drug-likeness (QED) is 0.771. The molecule has 1 fully saturated rings. The lowest BCUT2D eigenvalue weighted by Crippen LogP contribution is -2.33. The molecule has 1 aliphatic rings. The molecule has 29 heavy (non-hydrogen) atoms. The number of amides is 1. The number of hydrogen-bond acceptors (Lipinski definition) is 5. The maximum atomic E-state index is 14.3. The molecular weight excluding hydrogens is 382 g/mol. The van der Waals surface area contributed by atoms with Crippen molar-refractivity contribution in [3.05, 3.63) is 53.4 Å². The van der Waals surface area contributed by atoms with E-state index in [0.717, 1.165) is 6.07 Å². The van der Waals surface area contributed by atoms with E-state index in [2.05, 4.69) is 10.3 Å². The summed E-state index contributed by atoms with van der Waals surface area (Å²) < 4.78 is 38.9. The summed E-state index contributed by atoms with van der Waals surface area (Å²) in [5.74, 6) is -3.37. The summed E-state index contributed by atoms with van der Waals surface area (Å²) in [6, 6.07) is 5.77. The number of nitrogens with one attached hydrogen (secondary N) is 1. The van der Waals surface area contributed by atoms with Gasteiger partial charge in [-0.25, -0.2) is 4.39 Å². The first-order chi connectivity index (χ1) is 13.9. The van der Waals surface area contributed by atoms with Crippen molar-refractivity contribution in [1.82, 2.24) is 4.98 Å². The number of halogens is 2. The third-order valence-corrected chi connectivity index (χ3v) is 5.35. The third kappa shape index (κ3) is 4.23. The third-order valence-electron chi connectivity index (χ3n) is 5.35. The summed E-state index contributed by atoms with van der Waals surface area (Å²) in [5, 5.41) is 11.9. The highest BCUT2D eigenvalue weighted by atomic mass is 19.2. The van der Waals surface area contributed by atoms with Crippen LogP contribution in [-0.4, -0.2) is 41.9 Å². The minimum absolute atomic E-state index is 0.0524. The molecule has 0 radical (unpaired) electrons. The van der Waals surface area contributed by atoms with Gasteiger partial charge in [-0.3, -0.25) is 9.78 Å². The Morgan fingerprint density at radius 3 is 2.76 bits per heavy atom. The first kappa shape index (κ1) is 21.1. The highest BCUT2D eigenvalue weighted by Gasteiger charge is 2.46. The fourth-order valence-electron chi connectivity index (χ4n) is 3.72. The van der Waals surface area contributed by atoms with Gasteiger partial charge < -0.3 is 19.9 Å². The Labute approximate surface area is 167 Å². The molecule has 0 unspecified atom stereocenters. The highest BCUT2D eigenvalue weighted by molar-refractivity contribution is 5.95. The van der Waals surface area contributed by atoms with Gasteiger partial charge in [0.2, 0.25) is 5.82 Å². The second-order valence-electron chi connectivity index (χ2n) is 7.13. The van der Waals surface area contributed by atoms with Crippen LogP contribution in [0.1, 0.15) is 31.0 Å². The Balaban J connectivity index is 1.91. The molecule has 1 amide bonds. The van der Waals surface area contributed by atoms with Crippen LogP contribution in [0.5, 0.6) is 5.75 Å². The molecule has 156 valence electrons. The lowest BCUT2D eigenvalue weighted by Gasteiger charge is -2.23. The standard InChI is InChI=1S/C21H24F2N2O4/c1-11-12(2)29-20(17(11)15-4-5-16(22)18(23)19(15)28-3)21(27)25-14-6-8-24-13(10-14)7-9-26/h4-6,8,10-12,17,20,26H,7,9H2,1-3H3,(H,24,25,27)/t11-,12-,17+,20-/m1/s1. The number of benzene rings is 1. The van der Waals surface area contributed by atoms with Crippen molar-refractivity contribution < 1.29 is 28.2 Å². The van der Waals surface area contributed by atoms with Gasteiger partial charge in [-0.1, -0.05) is 13.0 Å². The number of ether oxygens (including phenoxy) is 2. The van der Waals surface area contributed by atoms with Gasteiger partial charge in [0.1, 0.15) is 6.10 Å². The van der Waals surface area contributed by atoms with Crippen LogP contribution in [0, 0.1) is 17.6 Å². The number of methoxy groups -OCH3 is 1. The fraction of sp³-hybridized carbons (Fsp3) is 0.429. The van der Waals surface area contributed by atoms with Crippen molar-refractivity contribution in [2.75, 3.05) is 19.0 Å². The summed E-state index contributed by atoms with van der Waals surface area (Å²) in [4.78, 5) is 17.1. The Morgan fingerprint density at radius 2 is 2.07 bits per heavy atom. The molecule has 1 aliphatic heterocycles. The molecule has 0 aliphatic carbocycles. The molecule has 2 aromatic rings. The van der Waals surface area contributed by atoms with Crippen molar-refractivity contribution in [1.29, 1.82) is 0 Å². The molecule has 4 atom stereocenters. The van der Waals surface area contributed by atoms with E-state index in [1.54, 1.807) is 12.1 Å². The maximum absolute atomic E-state index is 14.3. The summed E-state index contributed by atoms with van der Waals surface area (Å²) in [5.41, 5.74) is 1.54. The van der Waals surface area contributed by atoms with Crippen LogP contribution < -0.4 is 10.1 Å². The second kappa shape index (κ2) is 8.84. The molecule has 0 bridgehead atoms. The van der Waals surface area contributed by atoms with E-state index in [0.29, 0.717) is 23.4 Å². The number of rotatable bonds is 6. The first-order valence-electron chi connectivity index (χ1n) is 9.41. The molecule has 2 heterocycles. The Kier molecular flexibility index (Phi) is 6.44. The largest absolute Gasteiger partial charge is 0.493 e. The van der Waals surface area contributed by atoms with Crippen molar-refractivity contribution in [3.8, 4) is 5.75 Å². The molecule has 6 nitrogen and oxygen atoms in total. The minimum atomic E-state index is -1.08. The Morgan fingerprint density at radius 1 is 1.31 bits per heavy atom. The van der Waals surface area contributed by atoms with Crippen LogP contribution in [0.2, 0.25) is 0 Å². The zero-order valence-electron chi connectivity index (χ0n) is 16.5. The molecule has 3 rings (SSSR count). The topological polar surface area (TPSA) is 80.7 Å². The predicted molar refractivity (Wildman–Crippen MR) is 103 cm³/mol. The maximum Gasteiger partial charge on any atom is 0.254 e. The van der Waals surface area contributed by atoms with Gasteiger partial charge in [0.05, 0.1) is 13.2 Å². The van der Waals surface area contributed by atoms with Crippen LogP contribution >= 0.6 is 0 Å². The smallest absolute Gasteiger partial charge is 0.254 e. The molecular formula is C21H24F2N2O4. The van der Waals surface area contributed by atoms with Gasteiger partial charge in [-0.2, -0.15) is 4.39 Å². The number of carbonyl (C=O) groups is 1. The monoisotopic (exact) mass is 406 g/mol. The van der Waals surface area contributed by atoms with Crippen LogP contribution in [0.3, 0.4) is 0 Å². The lowest BCUT2D eigenvalue weighted by molar-refractivity contribution is -0.127. The summed E-state index contributed by atoms with van der Waals surface area (Å²) in [6.07, 6.45) is 0.730. The number of aliphatic hydroxyl groups excluding tert-OH is 1. The van der Waals surface area contributed by atoms with Gasteiger partial charge >= 0.3 is 0 Å². The van der Waals surface area contributed by atoms with Crippen LogP contribution in [0.15, 0.2) is 30.5 Å². The van der Waals surface area contributed by atoms with E-state index in [-0.39, 0.29) is 24.4 Å². The zero-order chi connectivity index (χ0) is 21.1. The molecule has 2 N–H and O–H groups in total. The summed E-state index contributed by atoms with van der Waals surface area (Å²) in [7, 11) is 1.26. The van der Waals surface area contributed by atoms with Gasteiger partial charge in [0.25, 0.3) is 5.91 Å². The molecule has 1 aromatic heterocycles. The fourth-order valence-corrected chi connectivity index (χ4v) is 3.72. The SMILES string of the molecule is COc1c([C@@H]2[C@H](C)[C@@H](C)O[C@H]2C(=O)Nc2ccnc(CCO)c2)ccc(F)c1F. The summed E-state index contributed by atoms with van der Waals surface area (Å²) >= 11 is 0. The number of pyridine rings is 1. The molecule has 0 saturated carbocycles. The Hall–Kier alpha value is -2.58. The van der Waals surface area contributed by atoms with Crippen LogP contribution in [0.25, 0.3) is 0 Å². The predicted octanol–water partition coefficient (Wildman–Crippen LogP) is 3.05. The minimum Gasteiger partial charge on any atom is -0.493 e. The second-order valence-corrected chi connectivity index (χ2v) is 7.13. The normalized spacial score (nSPS) is 23.8. The van der Waals surface area contributed by atoms with E-state index in [4.69, 9.17) is 14.6 Å². The Bertz CT molecular complexity index is 893. The molecule has 1 aromatic carbocycles. The number of hydrogen-bond donors (Lipinski definition) is 2. The van der Waals surface area contributed by atoms with Gasteiger partial charge in [-0.15, -0.1) is 0 Å². The van der Waals surface area contributed by atoms with Crippen LogP contribution in [-0.2, 0) is 16.0 Å². The molecule has 8 heteroatoms. The van der Waals surface area contributed by atoms with Gasteiger partial charge in [-0.05, 0) is 31.0 Å². The van der Waals surface area contributed by atoms with E-state index in [1.165, 1.54) is 19.4 Å². The number of carbonyl (C=O) groups excluding carboxylic acids is 1. The molecule has 1 saturated heterocycles. The van der Waals surface area contributed by atoms with E-state index < -0.39 is 29.6 Å². The van der Waals surface area contributed by atoms with Gasteiger partial charge in [0, 0.05) is 42.1 Å². The number of aliphatic hydroxyl groups is 1. The van der Waals surface area contributed by atoms with Crippen LogP contribution in [0.4, 0.5) is 14.5 Å². The lowest BCUT2D eigenvalue weighted by atomic mass is 9.82. The average Bonchev–Trinajstić information content (AvgIpc) is 2.99. The zero-order valence-corrected chi connectivity index (χ0v) is 16.5. The van der Waals surface area contributed by atoms with E-state index >= 15 is 0 Å². The van der Waals surface area contributed by atoms with E-state index in [9.17, 15) is 13.6 Å². The van der Waals surface area contributed by atoms with Crippen molar-refractivity contribution in [2.45, 2.75) is 38.4 Å². The number of aromatic nitrogens is 1. The van der Waals surface area contributed by atoms with Crippen molar-refractivity contribution in [2.24, 2.45) is 5.92 Å². The highest BCUT2D eigenvalue weighted by Crippen LogP contribution is 2.44. The molecule has 0 spiro atoms. The van der Waals surface area contributed by atoms with Gasteiger partial charge in [0.15, 0.2) is 11.6 Å². The first-order valence-corrected chi connectivity index (χ1v) is 9.41. The summed E-state index contributed by atoms with van der Waals surface area (Å²) in [6.45, 7) is 3.68.